The molecule has 2 N–H and O–H groups in total. The Morgan fingerprint density at radius 1 is 0.943 bits per heavy atom. The smallest absolute Gasteiger partial charge is 0.240 e. The fourth-order valence-electron chi connectivity index (χ4n) is 3.54. The molecule has 35 heavy (non-hydrogen) atoms. The Labute approximate surface area is 203 Å². The lowest BCUT2D eigenvalue weighted by molar-refractivity contribution is -0.125. The minimum absolute atomic E-state index is 0.0540. The molecule has 3 aromatic rings. The van der Waals surface area contributed by atoms with Crippen LogP contribution in [0.2, 0.25) is 0 Å². The molecule has 0 spiro atoms. The second-order valence-corrected chi connectivity index (χ2v) is 8.00. The molecule has 4 rings (SSSR count). The van der Waals surface area contributed by atoms with Gasteiger partial charge in [0.25, 0.3) is 0 Å². The number of nitrogens with zero attached hydrogens (tertiary/aromatic N) is 2. The summed E-state index contributed by atoms with van der Waals surface area (Å²) in [6.07, 6.45) is 1.45. The van der Waals surface area contributed by atoms with Crippen molar-refractivity contribution in [3.8, 4) is 11.5 Å². The SMILES string of the molecule is Cc1cccnc1NC(=O)CCC(=O)N(CC(=O)NCc1ccccc1)c1ccc2c(c1)OCO2. The summed E-state index contributed by atoms with van der Waals surface area (Å²) in [5.74, 6) is 0.491. The normalized spacial score (nSPS) is 11.6. The minimum Gasteiger partial charge on any atom is -0.454 e. The highest BCUT2D eigenvalue weighted by atomic mass is 16.7. The molecular weight excluding hydrogens is 448 g/mol. The van der Waals surface area contributed by atoms with Gasteiger partial charge in [0.15, 0.2) is 11.5 Å². The number of carbonyl (C=O) groups excluding carboxylic acids is 3. The molecule has 0 unspecified atom stereocenters. The highest BCUT2D eigenvalue weighted by Gasteiger charge is 2.23. The highest BCUT2D eigenvalue weighted by Crippen LogP contribution is 2.35. The molecule has 0 radical (unpaired) electrons. The summed E-state index contributed by atoms with van der Waals surface area (Å²) in [6.45, 7) is 2.07. The van der Waals surface area contributed by atoms with Crippen molar-refractivity contribution in [2.45, 2.75) is 26.3 Å². The molecule has 1 aliphatic rings. The van der Waals surface area contributed by atoms with Gasteiger partial charge in [-0.25, -0.2) is 4.98 Å². The first kappa shape index (κ1) is 23.7. The number of carbonyl (C=O) groups is 3. The van der Waals surface area contributed by atoms with Gasteiger partial charge in [0.1, 0.15) is 12.4 Å². The first-order valence-electron chi connectivity index (χ1n) is 11.2. The lowest BCUT2D eigenvalue weighted by Crippen LogP contribution is -2.41. The van der Waals surface area contributed by atoms with Crippen molar-refractivity contribution in [1.82, 2.24) is 10.3 Å². The maximum absolute atomic E-state index is 13.2. The number of pyridine rings is 1. The average Bonchev–Trinajstić information content (AvgIpc) is 3.34. The molecule has 1 aliphatic heterocycles. The number of hydrogen-bond acceptors (Lipinski definition) is 6. The van der Waals surface area contributed by atoms with E-state index in [9.17, 15) is 14.4 Å². The molecule has 0 atom stereocenters. The van der Waals surface area contributed by atoms with Crippen molar-refractivity contribution in [2.75, 3.05) is 23.6 Å². The number of aryl methyl sites for hydroxylation is 1. The van der Waals surface area contributed by atoms with Crippen LogP contribution in [0.5, 0.6) is 11.5 Å². The molecule has 0 fully saturated rings. The van der Waals surface area contributed by atoms with Crippen LogP contribution in [-0.4, -0.2) is 36.0 Å². The van der Waals surface area contributed by atoms with Gasteiger partial charge in [-0.05, 0) is 36.2 Å². The van der Waals surface area contributed by atoms with E-state index in [1.807, 2.05) is 43.3 Å². The lowest BCUT2D eigenvalue weighted by Gasteiger charge is -2.23. The van der Waals surface area contributed by atoms with Gasteiger partial charge in [-0.1, -0.05) is 36.4 Å². The zero-order valence-corrected chi connectivity index (χ0v) is 19.3. The number of amides is 3. The number of benzene rings is 2. The third-order valence-electron chi connectivity index (χ3n) is 5.44. The predicted octanol–water partition coefficient (Wildman–Crippen LogP) is 3.19. The number of aromatic nitrogens is 1. The second kappa shape index (κ2) is 11.1. The van der Waals surface area contributed by atoms with E-state index in [2.05, 4.69) is 15.6 Å². The van der Waals surface area contributed by atoms with Gasteiger partial charge in [0, 0.05) is 37.3 Å². The summed E-state index contributed by atoms with van der Waals surface area (Å²) in [4.78, 5) is 43.8. The van der Waals surface area contributed by atoms with Gasteiger partial charge in [-0.15, -0.1) is 0 Å². The highest BCUT2D eigenvalue weighted by molar-refractivity contribution is 6.01. The van der Waals surface area contributed by atoms with E-state index in [-0.39, 0.29) is 43.9 Å². The molecule has 0 saturated carbocycles. The number of ether oxygens (including phenoxy) is 2. The Kier molecular flexibility index (Phi) is 7.57. The molecule has 0 aliphatic carbocycles. The van der Waals surface area contributed by atoms with E-state index in [0.29, 0.717) is 29.5 Å². The van der Waals surface area contributed by atoms with Crippen LogP contribution < -0.4 is 25.0 Å². The summed E-state index contributed by atoms with van der Waals surface area (Å²) in [6, 6.07) is 18.1. The van der Waals surface area contributed by atoms with Crippen LogP contribution >= 0.6 is 0 Å². The summed E-state index contributed by atoms with van der Waals surface area (Å²) in [5.41, 5.74) is 2.25. The van der Waals surface area contributed by atoms with E-state index in [4.69, 9.17) is 9.47 Å². The standard InChI is InChI=1S/C26H26N4O5/c1-18-6-5-13-27-26(18)29-23(31)11-12-25(33)30(20-9-10-21-22(14-20)35-17-34-21)16-24(32)28-15-19-7-3-2-4-8-19/h2-10,13-14H,11-12,15-17H2,1H3,(H,28,32)(H,27,29,31). The Hall–Kier alpha value is -4.40. The molecule has 180 valence electrons. The summed E-state index contributed by atoms with van der Waals surface area (Å²) < 4.78 is 10.8. The van der Waals surface area contributed by atoms with Gasteiger partial charge in [-0.2, -0.15) is 0 Å². The summed E-state index contributed by atoms with van der Waals surface area (Å²) in [7, 11) is 0. The molecule has 2 aromatic carbocycles. The molecule has 0 saturated heterocycles. The molecule has 1 aromatic heterocycles. The summed E-state index contributed by atoms with van der Waals surface area (Å²) in [5, 5.41) is 5.55. The van der Waals surface area contributed by atoms with Crippen molar-refractivity contribution < 1.29 is 23.9 Å². The fourth-order valence-corrected chi connectivity index (χ4v) is 3.54. The quantitative estimate of drug-likeness (QED) is 0.493. The zero-order valence-electron chi connectivity index (χ0n) is 19.3. The van der Waals surface area contributed by atoms with Crippen molar-refractivity contribution in [3.63, 3.8) is 0 Å². The summed E-state index contributed by atoms with van der Waals surface area (Å²) >= 11 is 0. The predicted molar refractivity (Wildman–Crippen MR) is 130 cm³/mol. The average molecular weight is 475 g/mol. The monoisotopic (exact) mass is 474 g/mol. The van der Waals surface area contributed by atoms with Crippen LogP contribution in [0.15, 0.2) is 66.9 Å². The largest absolute Gasteiger partial charge is 0.454 e. The maximum Gasteiger partial charge on any atom is 0.240 e. The Balaban J connectivity index is 1.42. The fraction of sp³-hybridized carbons (Fsp3) is 0.231. The van der Waals surface area contributed by atoms with Crippen LogP contribution in [0.3, 0.4) is 0 Å². The molecule has 9 heteroatoms. The lowest BCUT2D eigenvalue weighted by atomic mass is 10.2. The topological polar surface area (TPSA) is 110 Å². The number of anilines is 2. The Morgan fingerprint density at radius 2 is 1.74 bits per heavy atom. The second-order valence-electron chi connectivity index (χ2n) is 8.00. The molecule has 3 amide bonds. The van der Waals surface area contributed by atoms with Crippen LogP contribution in [0.4, 0.5) is 11.5 Å². The van der Waals surface area contributed by atoms with E-state index in [1.165, 1.54) is 4.90 Å². The van der Waals surface area contributed by atoms with Gasteiger partial charge in [-0.3, -0.25) is 14.4 Å². The van der Waals surface area contributed by atoms with Crippen molar-refractivity contribution in [1.29, 1.82) is 0 Å². The number of nitrogens with one attached hydrogen (secondary N) is 2. The van der Waals surface area contributed by atoms with Crippen molar-refractivity contribution >= 4 is 29.2 Å². The first-order valence-corrected chi connectivity index (χ1v) is 11.2. The van der Waals surface area contributed by atoms with Crippen LogP contribution in [0.25, 0.3) is 0 Å². The number of rotatable bonds is 9. The van der Waals surface area contributed by atoms with E-state index >= 15 is 0 Å². The van der Waals surface area contributed by atoms with E-state index in [1.54, 1.807) is 30.5 Å². The number of hydrogen-bond donors (Lipinski definition) is 2. The third kappa shape index (κ3) is 6.35. The molecule has 0 bridgehead atoms. The minimum atomic E-state index is -0.369. The molecule has 9 nitrogen and oxygen atoms in total. The molecular formula is C26H26N4O5. The van der Waals surface area contributed by atoms with Gasteiger partial charge in [0.05, 0.1) is 0 Å². The van der Waals surface area contributed by atoms with Gasteiger partial charge >= 0.3 is 0 Å². The Bertz CT molecular complexity index is 1220. The first-order chi connectivity index (χ1) is 17.0. The van der Waals surface area contributed by atoms with Crippen molar-refractivity contribution in [2.24, 2.45) is 0 Å². The van der Waals surface area contributed by atoms with Gasteiger partial charge in [0.2, 0.25) is 24.5 Å². The van der Waals surface area contributed by atoms with Gasteiger partial charge < -0.3 is 25.0 Å². The van der Waals surface area contributed by atoms with Crippen LogP contribution in [0, 0.1) is 6.92 Å². The van der Waals surface area contributed by atoms with Crippen molar-refractivity contribution in [3.05, 3.63) is 78.0 Å². The van der Waals surface area contributed by atoms with E-state index < -0.39 is 0 Å². The van der Waals surface area contributed by atoms with Crippen LogP contribution in [0.1, 0.15) is 24.0 Å². The maximum atomic E-state index is 13.2. The Morgan fingerprint density at radius 3 is 2.54 bits per heavy atom. The molecule has 2 heterocycles. The number of fused-ring (bicyclic) bond motifs is 1. The van der Waals surface area contributed by atoms with E-state index in [0.717, 1.165) is 11.1 Å². The third-order valence-corrected chi connectivity index (χ3v) is 5.44. The van der Waals surface area contributed by atoms with Crippen LogP contribution in [-0.2, 0) is 20.9 Å². The zero-order chi connectivity index (χ0) is 24.6.